The second-order valence-corrected chi connectivity index (χ2v) is 6.99. The van der Waals surface area contributed by atoms with Crippen LogP contribution in [-0.4, -0.2) is 19.4 Å². The van der Waals surface area contributed by atoms with Gasteiger partial charge in [-0.3, -0.25) is 4.39 Å². The van der Waals surface area contributed by atoms with Crippen LogP contribution < -0.4 is 0 Å². The molecule has 0 aromatic heterocycles. The van der Waals surface area contributed by atoms with Crippen LogP contribution in [0.3, 0.4) is 0 Å². The van der Waals surface area contributed by atoms with Crippen molar-refractivity contribution in [3.63, 3.8) is 0 Å². The van der Waals surface area contributed by atoms with Crippen LogP contribution in [0.25, 0.3) is 0 Å². The maximum atomic E-state index is 12.1. The summed E-state index contributed by atoms with van der Waals surface area (Å²) in [5.74, 6) is 2.61. The summed E-state index contributed by atoms with van der Waals surface area (Å²) in [5.41, 5.74) is 0. The van der Waals surface area contributed by atoms with E-state index in [4.69, 9.17) is 4.74 Å². The highest BCUT2D eigenvalue weighted by Crippen LogP contribution is 2.40. The third kappa shape index (κ3) is 5.73. The molecule has 0 aromatic carbocycles. The molecule has 0 bridgehead atoms. The van der Waals surface area contributed by atoms with Crippen LogP contribution in [0.15, 0.2) is 12.2 Å². The Morgan fingerprint density at radius 2 is 1.57 bits per heavy atom. The van der Waals surface area contributed by atoms with E-state index in [1.54, 1.807) is 0 Å². The Morgan fingerprint density at radius 1 is 0.952 bits per heavy atom. The topological polar surface area (TPSA) is 9.23 Å². The number of rotatable bonds is 7. The standard InChI is InChI=1S/C19H33FO/c1-2-15-21-19-12-10-18(11-13-19)17-8-6-16(7-9-17)5-3-4-14-20/h3,5,16-19H,2,4,6-15H2,1H3/b5-3+. The van der Waals surface area contributed by atoms with Crippen LogP contribution >= 0.6 is 0 Å². The van der Waals surface area contributed by atoms with Crippen molar-refractivity contribution in [1.82, 2.24) is 0 Å². The Balaban J connectivity index is 1.64. The number of allylic oxidation sites excluding steroid dienone is 2. The van der Waals surface area contributed by atoms with Gasteiger partial charge in [0.05, 0.1) is 12.8 Å². The van der Waals surface area contributed by atoms with Gasteiger partial charge >= 0.3 is 0 Å². The van der Waals surface area contributed by atoms with Gasteiger partial charge in [0, 0.05) is 6.61 Å². The first-order valence-electron chi connectivity index (χ1n) is 9.17. The van der Waals surface area contributed by atoms with Gasteiger partial charge in [-0.05, 0) is 82.0 Å². The smallest absolute Gasteiger partial charge is 0.0928 e. The molecule has 2 aliphatic rings. The fourth-order valence-electron chi connectivity index (χ4n) is 4.17. The third-order valence-corrected chi connectivity index (χ3v) is 5.44. The quantitative estimate of drug-likeness (QED) is 0.548. The lowest BCUT2D eigenvalue weighted by Gasteiger charge is -2.37. The average Bonchev–Trinajstić information content (AvgIpc) is 2.54. The molecule has 0 unspecified atom stereocenters. The SMILES string of the molecule is CCCOC1CCC(C2CCC(/C=C/CCF)CC2)CC1. The van der Waals surface area contributed by atoms with E-state index in [0.717, 1.165) is 30.8 Å². The Labute approximate surface area is 130 Å². The van der Waals surface area contributed by atoms with Crippen LogP contribution in [-0.2, 0) is 4.74 Å². The van der Waals surface area contributed by atoms with Gasteiger partial charge < -0.3 is 4.74 Å². The molecule has 0 heterocycles. The molecule has 0 amide bonds. The van der Waals surface area contributed by atoms with Gasteiger partial charge in [0.25, 0.3) is 0 Å². The molecule has 122 valence electrons. The lowest BCUT2D eigenvalue weighted by Crippen LogP contribution is -2.28. The maximum absolute atomic E-state index is 12.1. The first kappa shape index (κ1) is 17.0. The number of halogens is 1. The zero-order valence-electron chi connectivity index (χ0n) is 13.7. The van der Waals surface area contributed by atoms with Crippen molar-refractivity contribution >= 4 is 0 Å². The van der Waals surface area contributed by atoms with Crippen molar-refractivity contribution in [3.05, 3.63) is 12.2 Å². The highest BCUT2D eigenvalue weighted by molar-refractivity contribution is 4.92. The molecule has 21 heavy (non-hydrogen) atoms. The van der Waals surface area contributed by atoms with Crippen molar-refractivity contribution in [1.29, 1.82) is 0 Å². The Hall–Kier alpha value is -0.370. The Kier molecular flexibility index (Phi) is 7.77. The summed E-state index contributed by atoms with van der Waals surface area (Å²) >= 11 is 0. The first-order valence-corrected chi connectivity index (χ1v) is 9.17. The molecule has 0 saturated heterocycles. The lowest BCUT2D eigenvalue weighted by atomic mass is 9.70. The summed E-state index contributed by atoms with van der Waals surface area (Å²) in [7, 11) is 0. The summed E-state index contributed by atoms with van der Waals surface area (Å²) in [6.45, 7) is 2.91. The molecule has 0 atom stereocenters. The van der Waals surface area contributed by atoms with Gasteiger partial charge in [-0.1, -0.05) is 19.1 Å². The first-order chi connectivity index (χ1) is 10.3. The number of alkyl halides is 1. The third-order valence-electron chi connectivity index (χ3n) is 5.44. The van der Waals surface area contributed by atoms with Gasteiger partial charge in [-0.15, -0.1) is 0 Å². The minimum absolute atomic E-state index is 0.213. The predicted molar refractivity (Wildman–Crippen MR) is 87.2 cm³/mol. The second kappa shape index (κ2) is 9.61. The zero-order chi connectivity index (χ0) is 14.9. The highest BCUT2D eigenvalue weighted by Gasteiger charge is 2.30. The van der Waals surface area contributed by atoms with Crippen molar-refractivity contribution < 1.29 is 9.13 Å². The molecule has 2 aliphatic carbocycles. The fraction of sp³-hybridized carbons (Fsp3) is 0.895. The van der Waals surface area contributed by atoms with Crippen LogP contribution in [0.2, 0.25) is 0 Å². The average molecular weight is 296 g/mol. The second-order valence-electron chi connectivity index (χ2n) is 6.99. The Bertz CT molecular complexity index is 286. The van der Waals surface area contributed by atoms with E-state index < -0.39 is 0 Å². The fourth-order valence-corrected chi connectivity index (χ4v) is 4.17. The number of hydrogen-bond donors (Lipinski definition) is 0. The molecule has 0 spiro atoms. The minimum atomic E-state index is -0.213. The van der Waals surface area contributed by atoms with E-state index in [0.29, 0.717) is 12.5 Å². The van der Waals surface area contributed by atoms with Gasteiger partial charge in [0.1, 0.15) is 0 Å². The minimum Gasteiger partial charge on any atom is -0.378 e. The van der Waals surface area contributed by atoms with Gasteiger partial charge in [0.2, 0.25) is 0 Å². The molecule has 0 aromatic rings. The molecule has 0 N–H and O–H groups in total. The summed E-state index contributed by atoms with van der Waals surface area (Å²) < 4.78 is 18.0. The molecule has 2 saturated carbocycles. The maximum Gasteiger partial charge on any atom is 0.0928 e. The van der Waals surface area contributed by atoms with E-state index >= 15 is 0 Å². The summed E-state index contributed by atoms with van der Waals surface area (Å²) in [5, 5.41) is 0. The molecule has 0 aliphatic heterocycles. The molecule has 0 radical (unpaired) electrons. The number of ether oxygens (including phenoxy) is 1. The van der Waals surface area contributed by atoms with Crippen LogP contribution in [0.1, 0.15) is 71.1 Å². The van der Waals surface area contributed by atoms with E-state index in [9.17, 15) is 4.39 Å². The van der Waals surface area contributed by atoms with Crippen molar-refractivity contribution in [3.8, 4) is 0 Å². The molecule has 2 fully saturated rings. The van der Waals surface area contributed by atoms with Crippen molar-refractivity contribution in [2.75, 3.05) is 13.3 Å². The largest absolute Gasteiger partial charge is 0.378 e. The summed E-state index contributed by atoms with van der Waals surface area (Å²) in [6.07, 6.45) is 17.3. The molecular formula is C19H33FO. The van der Waals surface area contributed by atoms with Crippen molar-refractivity contribution in [2.45, 2.75) is 77.2 Å². The molecule has 2 heteroatoms. The summed E-state index contributed by atoms with van der Waals surface area (Å²) in [6, 6.07) is 0. The number of hydrogen-bond acceptors (Lipinski definition) is 1. The van der Waals surface area contributed by atoms with Gasteiger partial charge in [-0.2, -0.15) is 0 Å². The molecule has 2 rings (SSSR count). The van der Waals surface area contributed by atoms with Crippen molar-refractivity contribution in [2.24, 2.45) is 17.8 Å². The lowest BCUT2D eigenvalue weighted by molar-refractivity contribution is 0.00796. The van der Waals surface area contributed by atoms with Crippen LogP contribution in [0, 0.1) is 17.8 Å². The summed E-state index contributed by atoms with van der Waals surface area (Å²) in [4.78, 5) is 0. The van der Waals surface area contributed by atoms with Gasteiger partial charge in [0.15, 0.2) is 0 Å². The monoisotopic (exact) mass is 296 g/mol. The molecule has 1 nitrogen and oxygen atoms in total. The van der Waals surface area contributed by atoms with E-state index in [-0.39, 0.29) is 6.67 Å². The predicted octanol–water partition coefficient (Wildman–Crippen LogP) is 5.69. The Morgan fingerprint density at radius 3 is 2.14 bits per heavy atom. The normalized spacial score (nSPS) is 34.4. The zero-order valence-corrected chi connectivity index (χ0v) is 13.7. The van der Waals surface area contributed by atoms with Crippen LogP contribution in [0.4, 0.5) is 4.39 Å². The van der Waals surface area contributed by atoms with Gasteiger partial charge in [-0.25, -0.2) is 0 Å². The highest BCUT2D eigenvalue weighted by atomic mass is 19.1. The molecular weight excluding hydrogens is 263 g/mol. The van der Waals surface area contributed by atoms with E-state index in [1.807, 2.05) is 6.08 Å². The van der Waals surface area contributed by atoms with E-state index in [2.05, 4.69) is 13.0 Å². The van der Waals surface area contributed by atoms with Crippen LogP contribution in [0.5, 0.6) is 0 Å². The van der Waals surface area contributed by atoms with E-state index in [1.165, 1.54) is 51.4 Å².